The van der Waals surface area contributed by atoms with Gasteiger partial charge in [0.2, 0.25) is 5.91 Å². The van der Waals surface area contributed by atoms with Gasteiger partial charge in [-0.1, -0.05) is 24.1 Å². The van der Waals surface area contributed by atoms with Gasteiger partial charge >= 0.3 is 5.69 Å². The number of piperazine rings is 1. The van der Waals surface area contributed by atoms with Crippen molar-refractivity contribution in [2.75, 3.05) is 31.1 Å². The fourth-order valence-corrected chi connectivity index (χ4v) is 4.92. The number of unbranched alkanes of at least 4 members (excludes halogenated alkanes) is 2. The number of H-pyrrole nitrogens is 1. The molecule has 0 atom stereocenters. The summed E-state index contributed by atoms with van der Waals surface area (Å²) >= 11 is 7.41. The van der Waals surface area contributed by atoms with E-state index in [1.807, 2.05) is 29.2 Å². The number of benzene rings is 1. The van der Waals surface area contributed by atoms with Crippen LogP contribution in [-0.2, 0) is 11.3 Å². The van der Waals surface area contributed by atoms with E-state index in [0.29, 0.717) is 42.7 Å². The summed E-state index contributed by atoms with van der Waals surface area (Å²) < 4.78 is 1.84. The van der Waals surface area contributed by atoms with Gasteiger partial charge in [-0.25, -0.2) is 4.79 Å². The molecule has 0 radical (unpaired) electrons. The van der Waals surface area contributed by atoms with Gasteiger partial charge in [0.15, 0.2) is 0 Å². The van der Waals surface area contributed by atoms with Crippen molar-refractivity contribution >= 4 is 44.7 Å². The highest BCUT2D eigenvalue weighted by atomic mass is 35.5. The second-order valence-corrected chi connectivity index (χ2v) is 9.06. The molecular formula is C22H25ClN4O3S. The van der Waals surface area contributed by atoms with Crippen LogP contribution in [0.1, 0.15) is 25.7 Å². The Bertz CT molecular complexity index is 1180. The fourth-order valence-electron chi connectivity index (χ4n) is 3.94. The summed E-state index contributed by atoms with van der Waals surface area (Å²) in [4.78, 5) is 44.0. The molecule has 31 heavy (non-hydrogen) atoms. The summed E-state index contributed by atoms with van der Waals surface area (Å²) in [6.07, 6.45) is 2.73. The molecule has 1 saturated heterocycles. The Kier molecular flexibility index (Phi) is 6.77. The number of aromatic nitrogens is 2. The largest absolute Gasteiger partial charge is 0.368 e. The number of aromatic amines is 1. The minimum Gasteiger partial charge on any atom is -0.368 e. The molecule has 2 aromatic heterocycles. The molecule has 0 bridgehead atoms. The van der Waals surface area contributed by atoms with Crippen LogP contribution >= 0.6 is 22.9 Å². The first-order chi connectivity index (χ1) is 15.0. The molecule has 7 nitrogen and oxygen atoms in total. The molecule has 9 heteroatoms. The van der Waals surface area contributed by atoms with E-state index in [1.54, 1.807) is 11.4 Å². The standard InChI is InChI=1S/C22H25ClN4O3S/c23-16-5-4-6-17(15-16)25-10-12-26(13-11-25)19(28)7-2-1-3-9-27-21(29)20-18(8-14-31-20)24-22(27)30/h4-6,8,14-15H,1-3,7,9-13H2,(H,24,30). The zero-order chi connectivity index (χ0) is 21.8. The van der Waals surface area contributed by atoms with Gasteiger partial charge in [-0.05, 0) is 42.5 Å². The van der Waals surface area contributed by atoms with E-state index < -0.39 is 0 Å². The summed E-state index contributed by atoms with van der Waals surface area (Å²) in [5.41, 5.74) is 1.08. The van der Waals surface area contributed by atoms with Crippen molar-refractivity contribution in [3.05, 3.63) is 61.6 Å². The van der Waals surface area contributed by atoms with E-state index in [2.05, 4.69) is 9.88 Å². The average molecular weight is 461 g/mol. The lowest BCUT2D eigenvalue weighted by atomic mass is 10.1. The minimum atomic E-state index is -0.371. The number of nitrogens with zero attached hydrogens (tertiary/aromatic N) is 3. The van der Waals surface area contributed by atoms with E-state index in [9.17, 15) is 14.4 Å². The smallest absolute Gasteiger partial charge is 0.328 e. The second-order valence-electron chi connectivity index (χ2n) is 7.71. The molecule has 1 aliphatic heterocycles. The topological polar surface area (TPSA) is 78.4 Å². The molecule has 0 aliphatic carbocycles. The third-order valence-electron chi connectivity index (χ3n) is 5.67. The lowest BCUT2D eigenvalue weighted by Gasteiger charge is -2.36. The molecule has 164 valence electrons. The molecular weight excluding hydrogens is 436 g/mol. The van der Waals surface area contributed by atoms with Crippen LogP contribution in [0, 0.1) is 0 Å². The molecule has 1 fully saturated rings. The molecule has 0 unspecified atom stereocenters. The minimum absolute atomic E-state index is 0.167. The molecule has 0 saturated carbocycles. The van der Waals surface area contributed by atoms with Crippen molar-refractivity contribution in [1.29, 1.82) is 0 Å². The maximum atomic E-state index is 12.5. The monoisotopic (exact) mass is 460 g/mol. The Labute approximate surface area is 188 Å². The van der Waals surface area contributed by atoms with Crippen molar-refractivity contribution in [3.8, 4) is 0 Å². The van der Waals surface area contributed by atoms with Gasteiger partial charge in [-0.3, -0.25) is 14.2 Å². The number of halogens is 1. The Morgan fingerprint density at radius 1 is 1.06 bits per heavy atom. The molecule has 3 aromatic rings. The van der Waals surface area contributed by atoms with Gasteiger partial charge < -0.3 is 14.8 Å². The van der Waals surface area contributed by atoms with Crippen LogP contribution < -0.4 is 16.1 Å². The van der Waals surface area contributed by atoms with Gasteiger partial charge in [-0.2, -0.15) is 0 Å². The van der Waals surface area contributed by atoms with Gasteiger partial charge in [0.1, 0.15) is 4.70 Å². The maximum absolute atomic E-state index is 12.5. The number of nitrogens with one attached hydrogen (secondary N) is 1. The highest BCUT2D eigenvalue weighted by Gasteiger charge is 2.21. The quantitative estimate of drug-likeness (QED) is 0.548. The van der Waals surface area contributed by atoms with Crippen molar-refractivity contribution in [2.24, 2.45) is 0 Å². The van der Waals surface area contributed by atoms with Crippen LogP contribution in [-0.4, -0.2) is 46.5 Å². The van der Waals surface area contributed by atoms with E-state index in [1.165, 1.54) is 15.9 Å². The van der Waals surface area contributed by atoms with Gasteiger partial charge in [0.05, 0.1) is 5.52 Å². The SMILES string of the molecule is O=C(CCCCCn1c(=O)[nH]c2ccsc2c1=O)N1CCN(c2cccc(Cl)c2)CC1. The fraction of sp³-hybridized carbons (Fsp3) is 0.409. The van der Waals surface area contributed by atoms with Crippen molar-refractivity contribution < 1.29 is 4.79 Å². The molecule has 1 aliphatic rings. The molecule has 1 amide bonds. The number of fused-ring (bicyclic) bond motifs is 1. The summed E-state index contributed by atoms with van der Waals surface area (Å²) in [7, 11) is 0. The van der Waals surface area contributed by atoms with Crippen LogP contribution in [0.25, 0.3) is 10.2 Å². The van der Waals surface area contributed by atoms with Gasteiger partial charge in [0.25, 0.3) is 5.56 Å². The zero-order valence-corrected chi connectivity index (χ0v) is 18.8. The third-order valence-corrected chi connectivity index (χ3v) is 6.81. The average Bonchev–Trinajstić information content (AvgIpc) is 3.24. The van der Waals surface area contributed by atoms with Gasteiger partial charge in [-0.15, -0.1) is 11.3 Å². The Morgan fingerprint density at radius 2 is 1.87 bits per heavy atom. The lowest BCUT2D eigenvalue weighted by Crippen LogP contribution is -2.48. The van der Waals surface area contributed by atoms with Crippen LogP contribution in [0.2, 0.25) is 5.02 Å². The van der Waals surface area contributed by atoms with Crippen LogP contribution in [0.4, 0.5) is 5.69 Å². The maximum Gasteiger partial charge on any atom is 0.328 e. The zero-order valence-electron chi connectivity index (χ0n) is 17.2. The lowest BCUT2D eigenvalue weighted by molar-refractivity contribution is -0.131. The van der Waals surface area contributed by atoms with Crippen LogP contribution in [0.15, 0.2) is 45.3 Å². The summed E-state index contributed by atoms with van der Waals surface area (Å²) in [5.74, 6) is 0.167. The highest BCUT2D eigenvalue weighted by molar-refractivity contribution is 7.17. The number of amides is 1. The number of carbonyl (C=O) groups excluding carboxylic acids is 1. The molecule has 0 spiro atoms. The predicted octanol–water partition coefficient (Wildman–Crippen LogP) is 3.31. The van der Waals surface area contributed by atoms with E-state index in [-0.39, 0.29) is 17.2 Å². The first-order valence-electron chi connectivity index (χ1n) is 10.5. The van der Waals surface area contributed by atoms with E-state index >= 15 is 0 Å². The first-order valence-corrected chi connectivity index (χ1v) is 11.8. The number of hydrogen-bond donors (Lipinski definition) is 1. The molecule has 4 rings (SSSR count). The summed E-state index contributed by atoms with van der Waals surface area (Å²) in [5, 5.41) is 2.52. The third kappa shape index (κ3) is 5.02. The number of hydrogen-bond acceptors (Lipinski definition) is 5. The normalized spacial score (nSPS) is 14.4. The number of anilines is 1. The van der Waals surface area contributed by atoms with Crippen molar-refractivity contribution in [1.82, 2.24) is 14.5 Å². The van der Waals surface area contributed by atoms with E-state index in [4.69, 9.17) is 11.6 Å². The molecule has 3 heterocycles. The molecule has 1 aromatic carbocycles. The highest BCUT2D eigenvalue weighted by Crippen LogP contribution is 2.21. The first kappa shape index (κ1) is 21.6. The summed E-state index contributed by atoms with van der Waals surface area (Å²) in [6, 6.07) is 9.53. The van der Waals surface area contributed by atoms with Crippen LogP contribution in [0.5, 0.6) is 0 Å². The number of rotatable bonds is 7. The number of thiophene rings is 1. The van der Waals surface area contributed by atoms with Crippen molar-refractivity contribution in [3.63, 3.8) is 0 Å². The predicted molar refractivity (Wildman–Crippen MR) is 125 cm³/mol. The second kappa shape index (κ2) is 9.70. The Hall–Kier alpha value is -2.58. The van der Waals surface area contributed by atoms with Crippen LogP contribution in [0.3, 0.4) is 0 Å². The Balaban J connectivity index is 1.20. The summed E-state index contributed by atoms with van der Waals surface area (Å²) in [6.45, 7) is 3.37. The van der Waals surface area contributed by atoms with E-state index in [0.717, 1.165) is 36.6 Å². The number of carbonyl (C=O) groups is 1. The Morgan fingerprint density at radius 3 is 2.65 bits per heavy atom. The molecule has 1 N–H and O–H groups in total. The van der Waals surface area contributed by atoms with Crippen molar-refractivity contribution in [2.45, 2.75) is 32.2 Å². The van der Waals surface area contributed by atoms with Gasteiger partial charge in [0, 0.05) is 49.9 Å².